The molecule has 0 saturated carbocycles. The Morgan fingerprint density at radius 3 is 1.66 bits per heavy atom. The second-order valence-electron chi connectivity index (χ2n) is 9.85. The van der Waals surface area contributed by atoms with Crippen LogP contribution in [0.3, 0.4) is 0 Å². The second kappa shape index (κ2) is 18.3. The third-order valence-electron chi connectivity index (χ3n) is 7.10. The van der Waals surface area contributed by atoms with E-state index in [9.17, 15) is 4.79 Å². The van der Waals surface area contributed by atoms with E-state index >= 15 is 0 Å². The molecule has 0 aromatic heterocycles. The number of terminal acetylenes is 1. The van der Waals surface area contributed by atoms with E-state index in [1.165, 1.54) is 12.7 Å². The van der Waals surface area contributed by atoms with E-state index in [4.69, 9.17) is 25.4 Å². The predicted molar refractivity (Wildman–Crippen MR) is 148 cm³/mol. The van der Waals surface area contributed by atoms with E-state index in [-0.39, 0.29) is 5.97 Å². The first-order valence-corrected chi connectivity index (χ1v) is 13.9. The van der Waals surface area contributed by atoms with Gasteiger partial charge in [-0.15, -0.1) is 6.42 Å². The molecule has 2 saturated heterocycles. The van der Waals surface area contributed by atoms with E-state index < -0.39 is 0 Å². The van der Waals surface area contributed by atoms with Gasteiger partial charge >= 0.3 is 5.97 Å². The van der Waals surface area contributed by atoms with Gasteiger partial charge in [0.1, 0.15) is 0 Å². The van der Waals surface area contributed by atoms with Crippen molar-refractivity contribution in [2.24, 2.45) is 0 Å². The number of piperazine rings is 2. The average molecular weight is 531 g/mol. The largest absolute Gasteiger partial charge is 0.469 e. The normalized spacial score (nSPS) is 17.9. The number of ether oxygens (including phenoxy) is 4. The summed E-state index contributed by atoms with van der Waals surface area (Å²) in [5.41, 5.74) is 2.26. The Balaban J connectivity index is 1.10. The van der Waals surface area contributed by atoms with Gasteiger partial charge in [-0.3, -0.25) is 24.4 Å². The zero-order valence-corrected chi connectivity index (χ0v) is 23.2. The number of hydrogen-bond donors (Lipinski definition) is 0. The first-order chi connectivity index (χ1) is 18.7. The maximum Gasteiger partial charge on any atom is 0.309 e. The summed E-state index contributed by atoms with van der Waals surface area (Å²) < 4.78 is 21.8. The van der Waals surface area contributed by atoms with Crippen LogP contribution in [0.5, 0.6) is 0 Å². The number of rotatable bonds is 17. The molecule has 0 aliphatic carbocycles. The van der Waals surface area contributed by atoms with Gasteiger partial charge in [0.2, 0.25) is 0 Å². The van der Waals surface area contributed by atoms with E-state index in [0.29, 0.717) is 32.8 Å². The minimum atomic E-state index is -0.204. The molecule has 0 N–H and O–H groups in total. The summed E-state index contributed by atoms with van der Waals surface area (Å²) in [7, 11) is 1.42. The Morgan fingerprint density at radius 2 is 1.16 bits per heavy atom. The fourth-order valence-electron chi connectivity index (χ4n) is 4.66. The molecule has 1 aromatic rings. The van der Waals surface area contributed by atoms with Gasteiger partial charge in [-0.25, -0.2) is 0 Å². The van der Waals surface area contributed by atoms with Gasteiger partial charge in [-0.1, -0.05) is 30.2 Å². The summed E-state index contributed by atoms with van der Waals surface area (Å²) in [6, 6.07) is 8.25. The van der Waals surface area contributed by atoms with E-state index in [1.54, 1.807) is 0 Å². The van der Waals surface area contributed by atoms with Crippen LogP contribution in [0.15, 0.2) is 24.3 Å². The van der Waals surface area contributed by atoms with Crippen molar-refractivity contribution in [3.05, 3.63) is 35.4 Å². The molecule has 2 aliphatic heterocycles. The van der Waals surface area contributed by atoms with Gasteiger partial charge in [0.05, 0.1) is 59.7 Å². The van der Waals surface area contributed by atoms with Crippen LogP contribution in [0.25, 0.3) is 0 Å². The number of nitrogens with zero attached hydrogens (tertiary/aromatic N) is 4. The molecule has 0 spiro atoms. The number of methoxy groups -OCH3 is 1. The lowest BCUT2D eigenvalue weighted by Gasteiger charge is -2.34. The monoisotopic (exact) mass is 530 g/mol. The number of esters is 1. The Hall–Kier alpha value is -2.03. The van der Waals surface area contributed by atoms with Gasteiger partial charge in [-0.2, -0.15) is 0 Å². The summed E-state index contributed by atoms with van der Waals surface area (Å²) >= 11 is 0. The Labute approximate surface area is 228 Å². The molecule has 3 rings (SSSR count). The highest BCUT2D eigenvalue weighted by atomic mass is 16.5. The highest BCUT2D eigenvalue weighted by molar-refractivity contribution is 5.72. The Bertz CT molecular complexity index is 815. The van der Waals surface area contributed by atoms with Crippen LogP contribution in [0.2, 0.25) is 0 Å². The van der Waals surface area contributed by atoms with Crippen molar-refractivity contribution in [2.75, 3.05) is 119 Å². The fraction of sp³-hybridized carbons (Fsp3) is 0.690. The summed E-state index contributed by atoms with van der Waals surface area (Å²) in [5.74, 6) is 2.51. The number of hydrogen-bond acceptors (Lipinski definition) is 9. The lowest BCUT2D eigenvalue weighted by molar-refractivity contribution is -0.139. The van der Waals surface area contributed by atoms with Crippen LogP contribution >= 0.6 is 0 Å². The highest BCUT2D eigenvalue weighted by Crippen LogP contribution is 2.11. The summed E-state index contributed by atoms with van der Waals surface area (Å²) in [6.45, 7) is 15.9. The van der Waals surface area contributed by atoms with Gasteiger partial charge in [-0.05, 0) is 11.1 Å². The van der Waals surface area contributed by atoms with Gasteiger partial charge < -0.3 is 18.9 Å². The van der Waals surface area contributed by atoms with Crippen LogP contribution in [0.1, 0.15) is 11.1 Å². The van der Waals surface area contributed by atoms with Crippen molar-refractivity contribution in [2.45, 2.75) is 13.0 Å². The molecule has 0 atom stereocenters. The topological polar surface area (TPSA) is 67.0 Å². The molecule has 212 valence electrons. The SMILES string of the molecule is C#CCN1CCN(CCOCCOCCOCCN2CCN(Cc3ccc(CC(=O)OC)cc3)CC2)CC1. The minimum Gasteiger partial charge on any atom is -0.469 e. The van der Waals surface area contributed by atoms with Crippen LogP contribution in [-0.2, 0) is 36.7 Å². The Morgan fingerprint density at radius 1 is 0.711 bits per heavy atom. The third kappa shape index (κ3) is 12.2. The van der Waals surface area contributed by atoms with E-state index in [1.807, 2.05) is 12.1 Å². The first kappa shape index (κ1) is 30.5. The smallest absolute Gasteiger partial charge is 0.309 e. The third-order valence-corrected chi connectivity index (χ3v) is 7.10. The van der Waals surface area contributed by atoms with Gasteiger partial charge in [0.25, 0.3) is 0 Å². The zero-order chi connectivity index (χ0) is 26.8. The van der Waals surface area contributed by atoms with Crippen molar-refractivity contribution in [1.82, 2.24) is 19.6 Å². The second-order valence-corrected chi connectivity index (χ2v) is 9.85. The van der Waals surface area contributed by atoms with Gasteiger partial charge in [0.15, 0.2) is 0 Å². The molecule has 0 unspecified atom stereocenters. The van der Waals surface area contributed by atoms with Crippen molar-refractivity contribution in [1.29, 1.82) is 0 Å². The number of carbonyl (C=O) groups excluding carboxylic acids is 1. The molecular formula is C29H46N4O5. The van der Waals surface area contributed by atoms with Crippen molar-refractivity contribution < 1.29 is 23.7 Å². The molecule has 9 heteroatoms. The standard InChI is InChI=1S/C29H46N4O5/c1-3-8-30-9-11-31(12-10-30)17-19-36-21-23-38-24-22-37-20-18-32-13-15-33(16-14-32)26-28-6-4-27(5-7-28)25-29(34)35-2/h1,4-7H,8-26H2,2H3. The molecule has 38 heavy (non-hydrogen) atoms. The lowest BCUT2D eigenvalue weighted by Crippen LogP contribution is -2.47. The van der Waals surface area contributed by atoms with Crippen LogP contribution in [-0.4, -0.2) is 144 Å². The maximum absolute atomic E-state index is 11.4. The average Bonchev–Trinajstić information content (AvgIpc) is 2.94. The molecule has 0 radical (unpaired) electrons. The molecular weight excluding hydrogens is 484 g/mol. The van der Waals surface area contributed by atoms with Crippen LogP contribution in [0, 0.1) is 12.3 Å². The van der Waals surface area contributed by atoms with Gasteiger partial charge in [0, 0.05) is 72.0 Å². The number of carbonyl (C=O) groups is 1. The minimum absolute atomic E-state index is 0.204. The molecule has 9 nitrogen and oxygen atoms in total. The summed E-state index contributed by atoms with van der Waals surface area (Å²) in [4.78, 5) is 21.1. The van der Waals surface area contributed by atoms with Crippen LogP contribution in [0.4, 0.5) is 0 Å². The molecule has 2 aliphatic rings. The Kier molecular flexibility index (Phi) is 14.7. The molecule has 0 amide bonds. The molecule has 1 aromatic carbocycles. The zero-order valence-electron chi connectivity index (χ0n) is 23.2. The van der Waals surface area contributed by atoms with Crippen molar-refractivity contribution in [3.63, 3.8) is 0 Å². The van der Waals surface area contributed by atoms with E-state index in [2.05, 4.69) is 37.7 Å². The fourth-order valence-corrected chi connectivity index (χ4v) is 4.66. The number of benzene rings is 1. The lowest BCUT2D eigenvalue weighted by atomic mass is 10.1. The van der Waals surface area contributed by atoms with Crippen LogP contribution < -0.4 is 0 Å². The molecule has 2 fully saturated rings. The predicted octanol–water partition coefficient (Wildman–Crippen LogP) is 0.820. The first-order valence-electron chi connectivity index (χ1n) is 13.9. The van der Waals surface area contributed by atoms with Crippen molar-refractivity contribution in [3.8, 4) is 12.3 Å². The maximum atomic E-state index is 11.4. The quantitative estimate of drug-likeness (QED) is 0.165. The summed E-state index contributed by atoms with van der Waals surface area (Å²) in [5, 5.41) is 0. The highest BCUT2D eigenvalue weighted by Gasteiger charge is 2.17. The van der Waals surface area contributed by atoms with Crippen molar-refractivity contribution >= 4 is 5.97 Å². The van der Waals surface area contributed by atoms with E-state index in [0.717, 1.165) is 97.3 Å². The molecule has 2 heterocycles. The molecule has 0 bridgehead atoms. The summed E-state index contributed by atoms with van der Waals surface area (Å²) in [6.07, 6.45) is 5.70.